The van der Waals surface area contributed by atoms with E-state index in [9.17, 15) is 35.2 Å². The summed E-state index contributed by atoms with van der Waals surface area (Å²) in [4.78, 5) is 15.7. The molecule has 0 atom stereocenters. The number of ether oxygens (including phenoxy) is 1. The maximum absolute atomic E-state index is 13.0. The third-order valence-corrected chi connectivity index (χ3v) is 5.79. The van der Waals surface area contributed by atoms with Crippen LogP contribution in [0.3, 0.4) is 0 Å². The van der Waals surface area contributed by atoms with Crippen molar-refractivity contribution in [2.75, 3.05) is 18.9 Å². The van der Waals surface area contributed by atoms with Gasteiger partial charge in [0.15, 0.2) is 22.1 Å². The van der Waals surface area contributed by atoms with Crippen LogP contribution in [0.2, 0.25) is 0 Å². The number of carbonyl (C=O) groups excluding carboxylic acids is 1. The first kappa shape index (κ1) is 25.5. The first-order chi connectivity index (χ1) is 14.7. The normalized spacial score (nSPS) is 12.8. The second-order valence-corrected chi connectivity index (χ2v) is 9.28. The van der Waals surface area contributed by atoms with Gasteiger partial charge in [0, 0.05) is 6.54 Å². The molecule has 2 aromatic heterocycles. The van der Waals surface area contributed by atoms with Crippen LogP contribution in [-0.2, 0) is 9.84 Å². The lowest BCUT2D eigenvalue weighted by atomic mass is 10.2. The molecule has 0 fully saturated rings. The van der Waals surface area contributed by atoms with Gasteiger partial charge in [0.2, 0.25) is 5.76 Å². The average molecular weight is 485 g/mol. The second kappa shape index (κ2) is 9.38. The first-order valence-electron chi connectivity index (χ1n) is 9.24. The number of hydrogen-bond acceptors (Lipinski definition) is 7. The van der Waals surface area contributed by atoms with E-state index in [1.807, 2.05) is 13.8 Å². The summed E-state index contributed by atoms with van der Waals surface area (Å²) in [7, 11) is -4.02. The highest BCUT2D eigenvalue weighted by Gasteiger charge is 2.58. The van der Waals surface area contributed by atoms with Gasteiger partial charge in [-0.1, -0.05) is 25.9 Å². The topological polar surface area (TPSA) is 111 Å². The Hall–Kier alpha value is -2.77. The van der Waals surface area contributed by atoms with E-state index >= 15 is 0 Å². The summed E-state index contributed by atoms with van der Waals surface area (Å²) < 4.78 is 97.2. The number of nitrogens with zero attached hydrogens (tertiary/aromatic N) is 2. The number of amides is 1. The maximum atomic E-state index is 13.0. The van der Waals surface area contributed by atoms with Crippen LogP contribution in [0.1, 0.15) is 31.3 Å². The summed E-state index contributed by atoms with van der Waals surface area (Å²) in [5.74, 6) is -6.97. The Bertz CT molecular complexity index is 1050. The molecule has 0 saturated heterocycles. The number of alkyl halides is 5. The van der Waals surface area contributed by atoms with Crippen LogP contribution in [0, 0.1) is 5.92 Å². The number of sulfone groups is 1. The Labute approximate surface area is 180 Å². The van der Waals surface area contributed by atoms with E-state index in [0.717, 1.165) is 18.3 Å². The highest BCUT2D eigenvalue weighted by atomic mass is 32.2. The number of pyridine rings is 1. The van der Waals surface area contributed by atoms with Crippen LogP contribution >= 0.6 is 0 Å². The third-order valence-electron chi connectivity index (χ3n) is 4.03. The van der Waals surface area contributed by atoms with Crippen molar-refractivity contribution in [2.24, 2.45) is 5.92 Å². The zero-order chi connectivity index (χ0) is 24.3. The number of rotatable bonds is 9. The maximum Gasteiger partial charge on any atom is 0.456 e. The van der Waals surface area contributed by atoms with Crippen molar-refractivity contribution in [1.29, 1.82) is 0 Å². The highest BCUT2D eigenvalue weighted by molar-refractivity contribution is 7.91. The van der Waals surface area contributed by atoms with Gasteiger partial charge in [-0.15, -0.1) is 0 Å². The minimum Gasteiger partial charge on any atom is -0.485 e. The summed E-state index contributed by atoms with van der Waals surface area (Å²) in [6, 6.07) is 2.07. The van der Waals surface area contributed by atoms with Crippen LogP contribution in [0.4, 0.5) is 22.0 Å². The summed E-state index contributed by atoms with van der Waals surface area (Å²) >= 11 is 0. The smallest absolute Gasteiger partial charge is 0.456 e. The Balaban J connectivity index is 2.34. The number of carbonyl (C=O) groups is 1. The molecule has 2 heterocycles. The monoisotopic (exact) mass is 485 g/mol. The van der Waals surface area contributed by atoms with Crippen molar-refractivity contribution in [3.8, 4) is 17.2 Å². The minimum absolute atomic E-state index is 0.0792. The van der Waals surface area contributed by atoms with Gasteiger partial charge in [0.1, 0.15) is 16.3 Å². The second-order valence-electron chi connectivity index (χ2n) is 7.07. The average Bonchev–Trinajstić information content (AvgIpc) is 3.16. The number of halogens is 5. The van der Waals surface area contributed by atoms with Crippen LogP contribution < -0.4 is 10.1 Å². The minimum atomic E-state index is -5.78. The number of nitrogens with one attached hydrogen (secondary N) is 1. The van der Waals surface area contributed by atoms with Crippen molar-refractivity contribution in [3.63, 3.8) is 0 Å². The lowest BCUT2D eigenvalue weighted by Crippen LogP contribution is -2.41. The quantitative estimate of drug-likeness (QED) is 0.541. The van der Waals surface area contributed by atoms with Crippen molar-refractivity contribution in [1.82, 2.24) is 15.5 Å². The molecule has 0 saturated carbocycles. The van der Waals surface area contributed by atoms with Crippen LogP contribution in [0.15, 0.2) is 27.7 Å². The summed E-state index contributed by atoms with van der Waals surface area (Å²) in [6.45, 7) is 3.29. The molecule has 0 aliphatic carbocycles. The Morgan fingerprint density at radius 1 is 1.22 bits per heavy atom. The largest absolute Gasteiger partial charge is 0.485 e. The van der Waals surface area contributed by atoms with Crippen molar-refractivity contribution in [2.45, 2.75) is 37.8 Å². The van der Waals surface area contributed by atoms with Gasteiger partial charge in [-0.05, 0) is 18.1 Å². The van der Waals surface area contributed by atoms with Crippen LogP contribution in [0.5, 0.6) is 5.75 Å². The van der Waals surface area contributed by atoms with Gasteiger partial charge in [-0.3, -0.25) is 4.79 Å². The van der Waals surface area contributed by atoms with E-state index in [1.165, 1.54) is 6.92 Å². The molecule has 1 N–H and O–H groups in total. The molecule has 0 aliphatic heterocycles. The standard InChI is InChI=1S/C18H20F5N3O5S/c1-4-32(28,29)15-13(16(27)25-7-10(2)3)26-31-14(15)12-6-5-11(8-24-12)30-9-17(19,20)18(21,22)23/h5-6,8,10H,4,7,9H2,1-3H3,(H,25,27). The van der Waals surface area contributed by atoms with Gasteiger partial charge < -0.3 is 14.6 Å². The molecule has 0 aliphatic rings. The van der Waals surface area contributed by atoms with E-state index < -0.39 is 50.8 Å². The lowest BCUT2D eigenvalue weighted by Gasteiger charge is -2.19. The molecule has 178 valence electrons. The van der Waals surface area contributed by atoms with Crippen LogP contribution in [-0.4, -0.2) is 55.5 Å². The highest BCUT2D eigenvalue weighted by Crippen LogP contribution is 2.36. The van der Waals surface area contributed by atoms with E-state index in [-0.39, 0.29) is 29.7 Å². The van der Waals surface area contributed by atoms with Gasteiger partial charge >= 0.3 is 12.1 Å². The fourth-order valence-corrected chi connectivity index (χ4v) is 3.40. The molecule has 0 unspecified atom stereocenters. The Morgan fingerprint density at radius 2 is 1.88 bits per heavy atom. The summed E-state index contributed by atoms with van der Waals surface area (Å²) in [5, 5.41) is 6.06. The van der Waals surface area contributed by atoms with Crippen LogP contribution in [0.25, 0.3) is 11.5 Å². The van der Waals surface area contributed by atoms with E-state index in [0.29, 0.717) is 0 Å². The summed E-state index contributed by atoms with van der Waals surface area (Å²) in [6.07, 6.45) is -4.97. The zero-order valence-electron chi connectivity index (χ0n) is 17.2. The fourth-order valence-electron chi connectivity index (χ4n) is 2.26. The molecular weight excluding hydrogens is 465 g/mol. The molecule has 2 aromatic rings. The first-order valence-corrected chi connectivity index (χ1v) is 10.9. The van der Waals surface area contributed by atoms with Crippen molar-refractivity contribution >= 4 is 15.7 Å². The molecule has 32 heavy (non-hydrogen) atoms. The number of aromatic nitrogens is 2. The van der Waals surface area contributed by atoms with Gasteiger partial charge in [-0.25, -0.2) is 13.4 Å². The molecule has 0 bridgehead atoms. The zero-order valence-corrected chi connectivity index (χ0v) is 18.0. The van der Waals surface area contributed by atoms with E-state index in [2.05, 4.69) is 20.2 Å². The predicted octanol–water partition coefficient (Wildman–Crippen LogP) is 3.49. The molecule has 0 radical (unpaired) electrons. The van der Waals surface area contributed by atoms with Gasteiger partial charge in [0.25, 0.3) is 5.91 Å². The number of hydrogen-bond donors (Lipinski definition) is 1. The fraction of sp³-hybridized carbons (Fsp3) is 0.500. The van der Waals surface area contributed by atoms with Gasteiger partial charge in [0.05, 0.1) is 11.9 Å². The molecule has 0 aromatic carbocycles. The Kier molecular flexibility index (Phi) is 7.47. The molecule has 8 nitrogen and oxygen atoms in total. The molecule has 0 spiro atoms. The SMILES string of the molecule is CCS(=O)(=O)c1c(C(=O)NCC(C)C)noc1-c1ccc(OCC(F)(F)C(F)(F)F)cn1. The molecular formula is C18H20F5N3O5S. The molecule has 1 amide bonds. The molecule has 14 heteroatoms. The lowest BCUT2D eigenvalue weighted by molar-refractivity contribution is -0.290. The predicted molar refractivity (Wildman–Crippen MR) is 101 cm³/mol. The summed E-state index contributed by atoms with van der Waals surface area (Å²) in [5.41, 5.74) is -0.628. The molecule has 2 rings (SSSR count). The van der Waals surface area contributed by atoms with Crippen molar-refractivity contribution in [3.05, 3.63) is 24.0 Å². The van der Waals surface area contributed by atoms with E-state index in [4.69, 9.17) is 4.52 Å². The van der Waals surface area contributed by atoms with Crippen molar-refractivity contribution < 1.29 is 44.4 Å². The Morgan fingerprint density at radius 3 is 2.38 bits per heavy atom. The van der Waals surface area contributed by atoms with E-state index in [1.54, 1.807) is 0 Å². The van der Waals surface area contributed by atoms with Gasteiger partial charge in [-0.2, -0.15) is 22.0 Å². The third kappa shape index (κ3) is 5.72.